The second-order valence-electron chi connectivity index (χ2n) is 3.07. The maximum absolute atomic E-state index is 5.52. The number of halogens is 1. The van der Waals surface area contributed by atoms with Crippen LogP contribution in [0.3, 0.4) is 0 Å². The summed E-state index contributed by atoms with van der Waals surface area (Å²) in [6.07, 6.45) is 3.99. The van der Waals surface area contributed by atoms with E-state index in [1.165, 1.54) is 5.56 Å². The Hall–Kier alpha value is -0.600. The van der Waals surface area contributed by atoms with Gasteiger partial charge >= 0.3 is 0 Å². The van der Waals surface area contributed by atoms with Gasteiger partial charge in [-0.1, -0.05) is 40.2 Å². The molecule has 0 aliphatic carbocycles. The quantitative estimate of drug-likeness (QED) is 0.552. The van der Waals surface area contributed by atoms with Gasteiger partial charge in [-0.15, -0.1) is 6.58 Å². The highest BCUT2D eigenvalue weighted by Gasteiger charge is 1.97. The van der Waals surface area contributed by atoms with Crippen molar-refractivity contribution in [2.24, 2.45) is 0 Å². The van der Waals surface area contributed by atoms with Gasteiger partial charge in [-0.2, -0.15) is 0 Å². The fraction of sp³-hybridized carbons (Fsp3) is 0.333. The highest BCUT2D eigenvalue weighted by molar-refractivity contribution is 9.10. The van der Waals surface area contributed by atoms with Crippen molar-refractivity contribution in [1.82, 2.24) is 0 Å². The molecule has 0 heterocycles. The molecule has 0 spiro atoms. The van der Waals surface area contributed by atoms with Crippen molar-refractivity contribution >= 4 is 15.9 Å². The number of allylic oxidation sites excluding steroid dienone is 1. The monoisotopic (exact) mass is 254 g/mol. The minimum absolute atomic E-state index is 0.679. The lowest BCUT2D eigenvalue weighted by atomic mass is 10.2. The SMILES string of the molecule is C=CCCCOCc1ccccc1Br. The van der Waals surface area contributed by atoms with E-state index in [2.05, 4.69) is 28.6 Å². The molecule has 1 nitrogen and oxygen atoms in total. The van der Waals surface area contributed by atoms with Crippen molar-refractivity contribution in [3.05, 3.63) is 47.0 Å². The molecule has 0 N–H and O–H groups in total. The summed E-state index contributed by atoms with van der Waals surface area (Å²) in [4.78, 5) is 0. The van der Waals surface area contributed by atoms with E-state index in [0.717, 1.165) is 23.9 Å². The first-order valence-electron chi connectivity index (χ1n) is 4.76. The third-order valence-corrected chi connectivity index (χ3v) is 2.69. The molecule has 0 fully saturated rings. The Morgan fingerprint density at radius 3 is 2.86 bits per heavy atom. The molecule has 76 valence electrons. The molecule has 0 aromatic heterocycles. The van der Waals surface area contributed by atoms with Gasteiger partial charge in [-0.05, 0) is 24.5 Å². The Morgan fingerprint density at radius 2 is 2.14 bits per heavy atom. The number of unbranched alkanes of at least 4 members (excludes halogenated alkanes) is 1. The molecule has 2 heteroatoms. The smallest absolute Gasteiger partial charge is 0.0727 e. The van der Waals surface area contributed by atoms with Crippen molar-refractivity contribution in [2.45, 2.75) is 19.4 Å². The molecule has 0 aliphatic rings. The van der Waals surface area contributed by atoms with Crippen LogP contribution in [0.4, 0.5) is 0 Å². The Morgan fingerprint density at radius 1 is 1.36 bits per heavy atom. The number of benzene rings is 1. The summed E-state index contributed by atoms with van der Waals surface area (Å²) in [7, 11) is 0. The van der Waals surface area contributed by atoms with Crippen molar-refractivity contribution in [2.75, 3.05) is 6.61 Å². The third kappa shape index (κ3) is 4.07. The summed E-state index contributed by atoms with van der Waals surface area (Å²) in [5.41, 5.74) is 1.20. The number of hydrogen-bond donors (Lipinski definition) is 0. The van der Waals surface area contributed by atoms with Crippen molar-refractivity contribution in [1.29, 1.82) is 0 Å². The fourth-order valence-electron chi connectivity index (χ4n) is 1.13. The Bertz CT molecular complexity index is 283. The van der Waals surface area contributed by atoms with Gasteiger partial charge in [-0.25, -0.2) is 0 Å². The Balaban J connectivity index is 2.24. The summed E-state index contributed by atoms with van der Waals surface area (Å²) in [5.74, 6) is 0. The van der Waals surface area contributed by atoms with Crippen LogP contribution in [0.15, 0.2) is 41.4 Å². The van der Waals surface area contributed by atoms with Crippen molar-refractivity contribution in [3.8, 4) is 0 Å². The molecule has 0 bridgehead atoms. The molecular weight excluding hydrogens is 240 g/mol. The van der Waals surface area contributed by atoms with E-state index in [0.29, 0.717) is 6.61 Å². The predicted octanol–water partition coefficient (Wildman–Crippen LogP) is 3.93. The average Bonchev–Trinajstić information content (AvgIpc) is 2.20. The van der Waals surface area contributed by atoms with Gasteiger partial charge in [0.05, 0.1) is 6.61 Å². The predicted molar refractivity (Wildman–Crippen MR) is 63.2 cm³/mol. The van der Waals surface area contributed by atoms with Crippen LogP contribution in [0.25, 0.3) is 0 Å². The molecule has 0 radical (unpaired) electrons. The van der Waals surface area contributed by atoms with Crippen LogP contribution in [0.2, 0.25) is 0 Å². The Kier molecular flexibility index (Phi) is 5.57. The van der Waals surface area contributed by atoms with Gasteiger partial charge in [0.25, 0.3) is 0 Å². The zero-order valence-electron chi connectivity index (χ0n) is 8.21. The van der Waals surface area contributed by atoms with Crippen LogP contribution in [0.5, 0.6) is 0 Å². The first kappa shape index (κ1) is 11.5. The van der Waals surface area contributed by atoms with E-state index >= 15 is 0 Å². The fourth-order valence-corrected chi connectivity index (χ4v) is 1.53. The lowest BCUT2D eigenvalue weighted by molar-refractivity contribution is 0.119. The van der Waals surface area contributed by atoms with Crippen LogP contribution in [-0.4, -0.2) is 6.61 Å². The van der Waals surface area contributed by atoms with Gasteiger partial charge in [0.1, 0.15) is 0 Å². The largest absolute Gasteiger partial charge is 0.377 e. The molecule has 0 aliphatic heterocycles. The van der Waals surface area contributed by atoms with Crippen LogP contribution < -0.4 is 0 Å². The van der Waals surface area contributed by atoms with E-state index in [1.807, 2.05) is 24.3 Å². The maximum atomic E-state index is 5.52. The van der Waals surface area contributed by atoms with Crippen molar-refractivity contribution < 1.29 is 4.74 Å². The van der Waals surface area contributed by atoms with Gasteiger partial charge in [0.2, 0.25) is 0 Å². The van der Waals surface area contributed by atoms with E-state index < -0.39 is 0 Å². The lowest BCUT2D eigenvalue weighted by Crippen LogP contribution is -1.95. The zero-order chi connectivity index (χ0) is 10.2. The Labute approximate surface area is 93.9 Å². The molecule has 0 unspecified atom stereocenters. The van der Waals surface area contributed by atoms with Crippen LogP contribution in [-0.2, 0) is 11.3 Å². The standard InChI is InChI=1S/C12H15BrO/c1-2-3-6-9-14-10-11-7-4-5-8-12(11)13/h2,4-5,7-8H,1,3,6,9-10H2. The first-order valence-corrected chi connectivity index (χ1v) is 5.56. The van der Waals surface area contributed by atoms with Crippen LogP contribution >= 0.6 is 15.9 Å². The summed E-state index contributed by atoms with van der Waals surface area (Å²) in [6, 6.07) is 8.12. The normalized spacial score (nSPS) is 10.1. The maximum Gasteiger partial charge on any atom is 0.0727 e. The molecule has 0 saturated carbocycles. The summed E-state index contributed by atoms with van der Waals surface area (Å²) < 4.78 is 6.64. The van der Waals surface area contributed by atoms with Crippen molar-refractivity contribution in [3.63, 3.8) is 0 Å². The highest BCUT2D eigenvalue weighted by Crippen LogP contribution is 2.16. The molecular formula is C12H15BrO. The lowest BCUT2D eigenvalue weighted by Gasteiger charge is -2.05. The second-order valence-corrected chi connectivity index (χ2v) is 3.93. The molecule has 1 aromatic rings. The topological polar surface area (TPSA) is 9.23 Å². The van der Waals surface area contributed by atoms with E-state index in [9.17, 15) is 0 Å². The summed E-state index contributed by atoms with van der Waals surface area (Å²) in [5, 5.41) is 0. The number of ether oxygens (including phenoxy) is 1. The van der Waals surface area contributed by atoms with Crippen LogP contribution in [0, 0.1) is 0 Å². The van der Waals surface area contributed by atoms with Gasteiger partial charge < -0.3 is 4.74 Å². The van der Waals surface area contributed by atoms with E-state index in [-0.39, 0.29) is 0 Å². The molecule has 1 aromatic carbocycles. The van der Waals surface area contributed by atoms with E-state index in [1.54, 1.807) is 0 Å². The molecule has 14 heavy (non-hydrogen) atoms. The summed E-state index contributed by atoms with van der Waals surface area (Å²) in [6.45, 7) is 5.15. The average molecular weight is 255 g/mol. The second kappa shape index (κ2) is 6.80. The van der Waals surface area contributed by atoms with E-state index in [4.69, 9.17) is 4.74 Å². The highest BCUT2D eigenvalue weighted by atomic mass is 79.9. The zero-order valence-corrected chi connectivity index (χ0v) is 9.79. The number of hydrogen-bond acceptors (Lipinski definition) is 1. The van der Waals surface area contributed by atoms with Gasteiger partial charge in [-0.3, -0.25) is 0 Å². The minimum atomic E-state index is 0.679. The van der Waals surface area contributed by atoms with Gasteiger partial charge in [0.15, 0.2) is 0 Å². The van der Waals surface area contributed by atoms with Crippen LogP contribution in [0.1, 0.15) is 18.4 Å². The molecule has 0 atom stereocenters. The summed E-state index contributed by atoms with van der Waals surface area (Å²) >= 11 is 3.48. The molecule has 1 rings (SSSR count). The molecule has 0 amide bonds. The molecule has 0 saturated heterocycles. The van der Waals surface area contributed by atoms with Gasteiger partial charge in [0, 0.05) is 11.1 Å². The third-order valence-electron chi connectivity index (χ3n) is 1.91. The first-order chi connectivity index (χ1) is 6.84. The number of rotatable bonds is 6. The minimum Gasteiger partial charge on any atom is -0.377 e.